The van der Waals surface area contributed by atoms with Crippen LogP contribution >= 0.6 is 15.9 Å². The van der Waals surface area contributed by atoms with Crippen molar-refractivity contribution in [2.45, 2.75) is 11.3 Å². The molecule has 0 aromatic heterocycles. The second kappa shape index (κ2) is 7.40. The van der Waals surface area contributed by atoms with E-state index >= 15 is 0 Å². The molecule has 9 heteroatoms. The van der Waals surface area contributed by atoms with Crippen LogP contribution in [0.25, 0.3) is 0 Å². The van der Waals surface area contributed by atoms with Crippen LogP contribution in [-0.2, 0) is 19.4 Å². The number of halogens is 2. The third-order valence-electron chi connectivity index (χ3n) is 4.24. The van der Waals surface area contributed by atoms with Crippen molar-refractivity contribution in [1.82, 2.24) is 0 Å². The van der Waals surface area contributed by atoms with Gasteiger partial charge in [-0.2, -0.15) is 0 Å². The van der Waals surface area contributed by atoms with Crippen molar-refractivity contribution in [2.75, 3.05) is 23.0 Å². The monoisotopic (exact) mass is 454 g/mol. The van der Waals surface area contributed by atoms with Gasteiger partial charge in [-0.1, -0.05) is 22.0 Å². The first-order chi connectivity index (χ1) is 12.6. The summed E-state index contributed by atoms with van der Waals surface area (Å²) in [6.45, 7) is 0.161. The van der Waals surface area contributed by atoms with Gasteiger partial charge in [0, 0.05) is 29.4 Å². The van der Waals surface area contributed by atoms with Gasteiger partial charge in [-0.25, -0.2) is 12.8 Å². The van der Waals surface area contributed by atoms with E-state index in [1.165, 1.54) is 4.90 Å². The summed E-state index contributed by atoms with van der Waals surface area (Å²) in [5.74, 6) is -2.16. The fraction of sp³-hybridized carbons (Fsp3) is 0.222. The van der Waals surface area contributed by atoms with E-state index in [1.807, 2.05) is 6.07 Å². The Morgan fingerprint density at radius 1 is 1.26 bits per heavy atom. The van der Waals surface area contributed by atoms with Crippen molar-refractivity contribution in [1.29, 1.82) is 0 Å². The first-order valence-corrected chi connectivity index (χ1v) is 10.7. The molecule has 0 aliphatic carbocycles. The summed E-state index contributed by atoms with van der Waals surface area (Å²) in [6.07, 6.45) is 0.989. The third kappa shape index (κ3) is 4.36. The molecule has 2 aromatic carbocycles. The molecule has 0 saturated carbocycles. The molecule has 6 nitrogen and oxygen atoms in total. The maximum Gasteiger partial charge on any atom is 0.229 e. The van der Waals surface area contributed by atoms with Gasteiger partial charge in [0.1, 0.15) is 5.82 Å². The van der Waals surface area contributed by atoms with Gasteiger partial charge in [-0.3, -0.25) is 9.59 Å². The molecule has 2 amide bonds. The van der Waals surface area contributed by atoms with E-state index in [0.29, 0.717) is 5.69 Å². The Morgan fingerprint density at radius 3 is 2.67 bits per heavy atom. The highest BCUT2D eigenvalue weighted by molar-refractivity contribution is 9.10. The quantitative estimate of drug-likeness (QED) is 0.719. The van der Waals surface area contributed by atoms with Crippen molar-refractivity contribution < 1.29 is 22.4 Å². The minimum absolute atomic E-state index is 0.00820. The molecule has 1 fully saturated rings. The Kier molecular flexibility index (Phi) is 5.34. The molecule has 1 aliphatic heterocycles. The Hall–Kier alpha value is -2.26. The number of nitrogens with zero attached hydrogens (tertiary/aromatic N) is 1. The zero-order valence-corrected chi connectivity index (χ0v) is 16.7. The Labute approximate surface area is 164 Å². The minimum Gasteiger partial charge on any atom is -0.323 e. The number of hydrogen-bond donors (Lipinski definition) is 1. The average Bonchev–Trinajstić information content (AvgIpc) is 2.98. The Morgan fingerprint density at radius 2 is 2.00 bits per heavy atom. The molecule has 0 radical (unpaired) electrons. The molecule has 1 aliphatic rings. The van der Waals surface area contributed by atoms with Gasteiger partial charge in [0.25, 0.3) is 0 Å². The lowest BCUT2D eigenvalue weighted by molar-refractivity contribution is -0.122. The molecule has 1 atom stereocenters. The van der Waals surface area contributed by atoms with Gasteiger partial charge >= 0.3 is 0 Å². The fourth-order valence-electron chi connectivity index (χ4n) is 2.84. The standard InChI is InChI=1S/C18H16BrFN2O4S/c1-27(25,26)14-5-6-15(20)16(9-14)21-18(24)11-7-17(23)22(10-11)13-4-2-3-12(19)8-13/h2-6,8-9,11H,7,10H2,1H3,(H,21,24). The zero-order valence-electron chi connectivity index (χ0n) is 14.3. The van der Waals surface area contributed by atoms with Gasteiger partial charge in [0.05, 0.1) is 16.5 Å². The molecule has 2 aromatic rings. The van der Waals surface area contributed by atoms with Gasteiger partial charge < -0.3 is 10.2 Å². The molecule has 1 N–H and O–H groups in total. The molecular formula is C18H16BrFN2O4S. The number of benzene rings is 2. The number of sulfone groups is 1. The Bertz CT molecular complexity index is 1030. The largest absolute Gasteiger partial charge is 0.323 e. The predicted octanol–water partition coefficient (Wildman–Crippen LogP) is 2.98. The van der Waals surface area contributed by atoms with Gasteiger partial charge in [0.2, 0.25) is 11.8 Å². The number of hydrogen-bond acceptors (Lipinski definition) is 4. The Balaban J connectivity index is 1.77. The molecule has 0 spiro atoms. The lowest BCUT2D eigenvalue weighted by Gasteiger charge is -2.17. The maximum atomic E-state index is 14.0. The van der Waals surface area contributed by atoms with Crippen molar-refractivity contribution in [3.8, 4) is 0 Å². The van der Waals surface area contributed by atoms with Crippen molar-refractivity contribution >= 4 is 49.0 Å². The van der Waals surface area contributed by atoms with Crippen LogP contribution in [0.1, 0.15) is 6.42 Å². The molecule has 1 saturated heterocycles. The van der Waals surface area contributed by atoms with E-state index in [1.54, 1.807) is 18.2 Å². The predicted molar refractivity (Wildman–Crippen MR) is 103 cm³/mol. The highest BCUT2D eigenvalue weighted by atomic mass is 79.9. The number of anilines is 2. The molecule has 142 valence electrons. The smallest absolute Gasteiger partial charge is 0.229 e. The number of rotatable bonds is 4. The summed E-state index contributed by atoms with van der Waals surface area (Å²) >= 11 is 3.34. The highest BCUT2D eigenvalue weighted by Crippen LogP contribution is 2.28. The van der Waals surface area contributed by atoms with Crippen LogP contribution in [-0.4, -0.2) is 33.0 Å². The summed E-state index contributed by atoms with van der Waals surface area (Å²) in [5, 5.41) is 2.40. The van der Waals surface area contributed by atoms with Gasteiger partial charge in [0.15, 0.2) is 9.84 Å². The SMILES string of the molecule is CS(=O)(=O)c1ccc(F)c(NC(=O)C2CC(=O)N(c3cccc(Br)c3)C2)c1. The van der Waals surface area contributed by atoms with E-state index in [2.05, 4.69) is 21.2 Å². The highest BCUT2D eigenvalue weighted by Gasteiger charge is 2.35. The zero-order chi connectivity index (χ0) is 19.8. The minimum atomic E-state index is -3.54. The van der Waals surface area contributed by atoms with Crippen LogP contribution in [0, 0.1) is 11.7 Å². The van der Waals surface area contributed by atoms with Crippen LogP contribution < -0.4 is 10.2 Å². The number of nitrogens with one attached hydrogen (secondary N) is 1. The van der Waals surface area contributed by atoms with Crippen molar-refractivity contribution in [3.05, 3.63) is 52.8 Å². The molecule has 0 bridgehead atoms. The van der Waals surface area contributed by atoms with Crippen LogP contribution in [0.5, 0.6) is 0 Å². The summed E-state index contributed by atoms with van der Waals surface area (Å²) in [7, 11) is -3.54. The molecule has 27 heavy (non-hydrogen) atoms. The lowest BCUT2D eigenvalue weighted by Crippen LogP contribution is -2.28. The van der Waals surface area contributed by atoms with E-state index in [0.717, 1.165) is 28.9 Å². The van der Waals surface area contributed by atoms with Crippen molar-refractivity contribution in [3.63, 3.8) is 0 Å². The van der Waals surface area contributed by atoms with Crippen LogP contribution in [0.15, 0.2) is 51.8 Å². The second-order valence-corrected chi connectivity index (χ2v) is 9.22. The van der Waals surface area contributed by atoms with Gasteiger partial charge in [-0.05, 0) is 36.4 Å². The third-order valence-corrected chi connectivity index (χ3v) is 5.84. The second-order valence-electron chi connectivity index (χ2n) is 6.29. The summed E-state index contributed by atoms with van der Waals surface area (Å²) in [5.41, 5.74) is 0.436. The van der Waals surface area contributed by atoms with E-state index in [9.17, 15) is 22.4 Å². The maximum absolute atomic E-state index is 14.0. The normalized spacial score (nSPS) is 17.2. The summed E-state index contributed by atoms with van der Waals surface area (Å²) in [4.78, 5) is 26.2. The number of amides is 2. The van der Waals surface area contributed by atoms with E-state index in [-0.39, 0.29) is 29.5 Å². The van der Waals surface area contributed by atoms with Gasteiger partial charge in [-0.15, -0.1) is 0 Å². The van der Waals surface area contributed by atoms with Crippen molar-refractivity contribution in [2.24, 2.45) is 5.92 Å². The molecular weight excluding hydrogens is 439 g/mol. The van der Waals surface area contributed by atoms with Crippen LogP contribution in [0.4, 0.5) is 15.8 Å². The molecule has 1 unspecified atom stereocenters. The van der Waals surface area contributed by atoms with E-state index in [4.69, 9.17) is 0 Å². The summed E-state index contributed by atoms with van der Waals surface area (Å²) in [6, 6.07) is 10.3. The fourth-order valence-corrected chi connectivity index (χ4v) is 3.88. The first kappa shape index (κ1) is 19.5. The summed E-state index contributed by atoms with van der Waals surface area (Å²) < 4.78 is 38.0. The lowest BCUT2D eigenvalue weighted by atomic mass is 10.1. The van der Waals surface area contributed by atoms with Crippen LogP contribution in [0.2, 0.25) is 0 Å². The van der Waals surface area contributed by atoms with E-state index < -0.39 is 27.5 Å². The first-order valence-electron chi connectivity index (χ1n) is 8.01. The topological polar surface area (TPSA) is 83.5 Å². The molecule has 1 heterocycles. The average molecular weight is 455 g/mol. The van der Waals surface area contributed by atoms with Crippen LogP contribution in [0.3, 0.4) is 0 Å². The number of carbonyl (C=O) groups is 2. The number of carbonyl (C=O) groups excluding carboxylic acids is 2. The molecule has 3 rings (SSSR count).